The third-order valence-electron chi connectivity index (χ3n) is 3.30. The lowest BCUT2D eigenvalue weighted by atomic mass is 9.86. The highest BCUT2D eigenvalue weighted by Crippen LogP contribution is 2.29. The van der Waals surface area contributed by atoms with E-state index in [2.05, 4.69) is 31.4 Å². The number of hydrogen-bond acceptors (Lipinski definition) is 2. The van der Waals surface area contributed by atoms with Crippen molar-refractivity contribution in [3.63, 3.8) is 0 Å². The zero-order valence-electron chi connectivity index (χ0n) is 11.6. The molecule has 1 aromatic rings. The molecule has 1 aliphatic rings. The summed E-state index contributed by atoms with van der Waals surface area (Å²) >= 11 is 0. The predicted molar refractivity (Wildman–Crippen MR) is 74.9 cm³/mol. The quantitative estimate of drug-likeness (QED) is 0.856. The second kappa shape index (κ2) is 5.03. The van der Waals surface area contributed by atoms with Crippen molar-refractivity contribution in [3.05, 3.63) is 29.8 Å². The zero-order chi connectivity index (χ0) is 14.0. The number of nitrogens with one attached hydrogen (secondary N) is 2. The van der Waals surface area contributed by atoms with Crippen molar-refractivity contribution >= 4 is 17.5 Å². The number of anilines is 1. The zero-order valence-corrected chi connectivity index (χ0v) is 11.6. The average Bonchev–Trinajstić information content (AvgIpc) is 2.75. The summed E-state index contributed by atoms with van der Waals surface area (Å²) < 4.78 is 0. The van der Waals surface area contributed by atoms with Gasteiger partial charge in [-0.05, 0) is 23.5 Å². The van der Waals surface area contributed by atoms with Crippen molar-refractivity contribution in [1.29, 1.82) is 0 Å². The molecule has 102 valence electrons. The first-order valence-electron chi connectivity index (χ1n) is 6.57. The van der Waals surface area contributed by atoms with E-state index in [1.807, 2.05) is 24.3 Å². The van der Waals surface area contributed by atoms with Gasteiger partial charge in [-0.1, -0.05) is 39.0 Å². The summed E-state index contributed by atoms with van der Waals surface area (Å²) in [5, 5.41) is 5.61. The number of benzene rings is 1. The summed E-state index contributed by atoms with van der Waals surface area (Å²) in [5.41, 5.74) is 1.87. The molecule has 1 aromatic carbocycles. The SMILES string of the molecule is CC(C)(C)c1ccccc1NC(=O)C1CCC(=O)N1. The molecule has 0 spiro atoms. The van der Waals surface area contributed by atoms with Gasteiger partial charge in [-0.25, -0.2) is 0 Å². The Balaban J connectivity index is 2.15. The van der Waals surface area contributed by atoms with E-state index in [9.17, 15) is 9.59 Å². The van der Waals surface area contributed by atoms with E-state index >= 15 is 0 Å². The summed E-state index contributed by atoms with van der Waals surface area (Å²) in [6.45, 7) is 6.32. The summed E-state index contributed by atoms with van der Waals surface area (Å²) in [6, 6.07) is 7.38. The fraction of sp³-hybridized carbons (Fsp3) is 0.467. The van der Waals surface area contributed by atoms with Crippen molar-refractivity contribution in [1.82, 2.24) is 5.32 Å². The van der Waals surface area contributed by atoms with E-state index in [1.165, 1.54) is 0 Å². The molecule has 1 saturated heterocycles. The van der Waals surface area contributed by atoms with E-state index in [0.717, 1.165) is 11.3 Å². The Bertz CT molecular complexity index is 503. The largest absolute Gasteiger partial charge is 0.344 e. The van der Waals surface area contributed by atoms with Crippen LogP contribution in [0.1, 0.15) is 39.2 Å². The highest BCUT2D eigenvalue weighted by atomic mass is 16.2. The maximum atomic E-state index is 12.1. The summed E-state index contributed by atoms with van der Waals surface area (Å²) in [6.07, 6.45) is 1.00. The fourth-order valence-electron chi connectivity index (χ4n) is 2.28. The standard InChI is InChI=1S/C15H20N2O2/c1-15(2,3)10-6-4-5-7-11(10)17-14(19)12-8-9-13(18)16-12/h4-7,12H,8-9H2,1-3H3,(H,16,18)(H,17,19). The van der Waals surface area contributed by atoms with Gasteiger partial charge >= 0.3 is 0 Å². The van der Waals surface area contributed by atoms with Gasteiger partial charge in [0.15, 0.2) is 0 Å². The highest BCUT2D eigenvalue weighted by Gasteiger charge is 2.28. The van der Waals surface area contributed by atoms with Crippen LogP contribution >= 0.6 is 0 Å². The van der Waals surface area contributed by atoms with Crippen LogP contribution in [0.3, 0.4) is 0 Å². The normalized spacial score (nSPS) is 19.1. The van der Waals surface area contributed by atoms with Crippen molar-refractivity contribution < 1.29 is 9.59 Å². The molecule has 2 rings (SSSR count). The van der Waals surface area contributed by atoms with Gasteiger partial charge in [0, 0.05) is 12.1 Å². The summed E-state index contributed by atoms with van der Waals surface area (Å²) in [5.74, 6) is -0.188. The number of hydrogen-bond donors (Lipinski definition) is 2. The Labute approximate surface area is 113 Å². The number of carbonyl (C=O) groups excluding carboxylic acids is 2. The van der Waals surface area contributed by atoms with Crippen molar-refractivity contribution in [2.24, 2.45) is 0 Å². The van der Waals surface area contributed by atoms with Gasteiger partial charge in [-0.2, -0.15) is 0 Å². The minimum atomic E-state index is -0.402. The molecular formula is C15H20N2O2. The van der Waals surface area contributed by atoms with E-state index in [-0.39, 0.29) is 17.2 Å². The Hall–Kier alpha value is -1.84. The minimum absolute atomic E-state index is 0.0389. The van der Waals surface area contributed by atoms with Crippen molar-refractivity contribution in [3.8, 4) is 0 Å². The van der Waals surface area contributed by atoms with Crippen molar-refractivity contribution in [2.75, 3.05) is 5.32 Å². The first-order valence-corrected chi connectivity index (χ1v) is 6.57. The molecule has 0 bridgehead atoms. The molecule has 1 unspecified atom stereocenters. The molecule has 2 amide bonds. The first-order chi connectivity index (χ1) is 8.88. The maximum Gasteiger partial charge on any atom is 0.246 e. The minimum Gasteiger partial charge on any atom is -0.344 e. The van der Waals surface area contributed by atoms with Crippen LogP contribution in [-0.2, 0) is 15.0 Å². The highest BCUT2D eigenvalue weighted by molar-refractivity contribution is 5.99. The third kappa shape index (κ3) is 3.13. The molecule has 1 atom stereocenters. The van der Waals surface area contributed by atoms with Gasteiger partial charge in [0.2, 0.25) is 11.8 Å². The smallest absolute Gasteiger partial charge is 0.246 e. The van der Waals surface area contributed by atoms with Gasteiger partial charge in [0.05, 0.1) is 0 Å². The van der Waals surface area contributed by atoms with Crippen LogP contribution in [0.4, 0.5) is 5.69 Å². The molecule has 1 fully saturated rings. The lowest BCUT2D eigenvalue weighted by Gasteiger charge is -2.23. The molecule has 1 heterocycles. The monoisotopic (exact) mass is 260 g/mol. The third-order valence-corrected chi connectivity index (χ3v) is 3.30. The first kappa shape index (κ1) is 13.6. The van der Waals surface area contributed by atoms with Crippen molar-refractivity contribution in [2.45, 2.75) is 45.1 Å². The fourth-order valence-corrected chi connectivity index (χ4v) is 2.28. The molecule has 4 heteroatoms. The van der Waals surface area contributed by atoms with Gasteiger partial charge in [-0.3, -0.25) is 9.59 Å². The molecule has 0 radical (unpaired) electrons. The second-order valence-electron chi connectivity index (χ2n) is 5.94. The van der Waals surface area contributed by atoms with Crippen LogP contribution < -0.4 is 10.6 Å². The van der Waals surface area contributed by atoms with Gasteiger partial charge < -0.3 is 10.6 Å². The predicted octanol–water partition coefficient (Wildman–Crippen LogP) is 2.20. The Morgan fingerprint density at radius 3 is 2.58 bits per heavy atom. The topological polar surface area (TPSA) is 58.2 Å². The number of para-hydroxylation sites is 1. The maximum absolute atomic E-state index is 12.1. The average molecular weight is 260 g/mol. The molecule has 0 saturated carbocycles. The molecule has 0 aromatic heterocycles. The molecule has 1 aliphatic heterocycles. The van der Waals surface area contributed by atoms with E-state index < -0.39 is 6.04 Å². The van der Waals surface area contributed by atoms with Crippen LogP contribution in [-0.4, -0.2) is 17.9 Å². The molecule has 4 nitrogen and oxygen atoms in total. The number of carbonyl (C=O) groups is 2. The van der Waals surface area contributed by atoms with Crippen LogP contribution in [0, 0.1) is 0 Å². The van der Waals surface area contributed by atoms with Gasteiger partial charge in [0.1, 0.15) is 6.04 Å². The Morgan fingerprint density at radius 2 is 2.00 bits per heavy atom. The van der Waals surface area contributed by atoms with Gasteiger partial charge in [0.25, 0.3) is 0 Å². The van der Waals surface area contributed by atoms with Crippen LogP contribution in [0.25, 0.3) is 0 Å². The number of amides is 2. The lowest BCUT2D eigenvalue weighted by Crippen LogP contribution is -2.37. The van der Waals surface area contributed by atoms with Crippen LogP contribution in [0.15, 0.2) is 24.3 Å². The van der Waals surface area contributed by atoms with E-state index in [1.54, 1.807) is 0 Å². The van der Waals surface area contributed by atoms with Crippen LogP contribution in [0.5, 0.6) is 0 Å². The van der Waals surface area contributed by atoms with Crippen LogP contribution in [0.2, 0.25) is 0 Å². The lowest BCUT2D eigenvalue weighted by molar-refractivity contribution is -0.122. The van der Waals surface area contributed by atoms with Gasteiger partial charge in [-0.15, -0.1) is 0 Å². The molecule has 19 heavy (non-hydrogen) atoms. The molecule has 2 N–H and O–H groups in total. The second-order valence-corrected chi connectivity index (χ2v) is 5.94. The summed E-state index contributed by atoms with van der Waals surface area (Å²) in [7, 11) is 0. The molecular weight excluding hydrogens is 240 g/mol. The molecule has 0 aliphatic carbocycles. The number of rotatable bonds is 2. The van der Waals surface area contributed by atoms with E-state index in [4.69, 9.17) is 0 Å². The van der Waals surface area contributed by atoms with E-state index in [0.29, 0.717) is 12.8 Å². The summed E-state index contributed by atoms with van der Waals surface area (Å²) in [4.78, 5) is 23.3. The Morgan fingerprint density at radius 1 is 1.32 bits per heavy atom. The Kier molecular flexibility index (Phi) is 3.60.